The van der Waals surface area contributed by atoms with E-state index in [1.54, 1.807) is 30.3 Å². The second-order valence-electron chi connectivity index (χ2n) is 7.94. The maximum atomic E-state index is 12.8. The second kappa shape index (κ2) is 8.10. The lowest BCUT2D eigenvalue weighted by atomic mass is 9.82. The molecule has 1 aliphatic carbocycles. The highest BCUT2D eigenvalue weighted by Crippen LogP contribution is 2.32. The summed E-state index contributed by atoms with van der Waals surface area (Å²) in [7, 11) is -3.61. The van der Waals surface area contributed by atoms with E-state index < -0.39 is 15.6 Å². The van der Waals surface area contributed by atoms with Crippen molar-refractivity contribution in [3.8, 4) is 5.75 Å². The Morgan fingerprint density at radius 1 is 1.07 bits per heavy atom. The number of ether oxygens (including phenoxy) is 1. The highest BCUT2D eigenvalue weighted by Gasteiger charge is 2.35. The van der Waals surface area contributed by atoms with Gasteiger partial charge in [-0.05, 0) is 36.6 Å². The summed E-state index contributed by atoms with van der Waals surface area (Å²) in [6.07, 6.45) is 4.78. The normalized spacial score (nSPS) is 19.3. The van der Waals surface area contributed by atoms with E-state index in [2.05, 4.69) is 9.71 Å². The van der Waals surface area contributed by atoms with Crippen molar-refractivity contribution < 1.29 is 17.9 Å². The number of amides is 1. The number of amidine groups is 1. The number of hydrogen-bond acceptors (Lipinski definition) is 5. The van der Waals surface area contributed by atoms with Crippen LogP contribution in [0.1, 0.15) is 53.6 Å². The minimum absolute atomic E-state index is 0.0575. The Labute approximate surface area is 176 Å². The molecule has 2 aliphatic rings. The zero-order valence-electron chi connectivity index (χ0n) is 16.6. The number of nitrogens with zero attached hydrogens (tertiary/aromatic N) is 1. The number of carbonyl (C=O) groups is 1. The molecule has 1 aliphatic heterocycles. The topological polar surface area (TPSA) is 111 Å². The van der Waals surface area contributed by atoms with Gasteiger partial charge in [-0.3, -0.25) is 4.79 Å². The van der Waals surface area contributed by atoms with Crippen LogP contribution in [0.4, 0.5) is 0 Å². The lowest BCUT2D eigenvalue weighted by molar-refractivity contribution is 0.0788. The third kappa shape index (κ3) is 4.33. The van der Waals surface area contributed by atoms with E-state index in [-0.39, 0.29) is 24.1 Å². The molecule has 0 bridgehead atoms. The van der Waals surface area contributed by atoms with Crippen molar-refractivity contribution >= 4 is 21.8 Å². The molecule has 0 atom stereocenters. The van der Waals surface area contributed by atoms with Crippen molar-refractivity contribution in [2.24, 2.45) is 10.1 Å². The van der Waals surface area contributed by atoms with Gasteiger partial charge in [0.05, 0.1) is 16.9 Å². The maximum Gasteiger partial charge on any atom is 0.259 e. The molecule has 158 valence electrons. The Morgan fingerprint density at radius 2 is 1.80 bits per heavy atom. The first-order chi connectivity index (χ1) is 14.4. The minimum atomic E-state index is -3.61. The Morgan fingerprint density at radius 3 is 2.53 bits per heavy atom. The Bertz CT molecular complexity index is 1070. The zero-order valence-corrected chi connectivity index (χ0v) is 17.5. The van der Waals surface area contributed by atoms with Gasteiger partial charge in [0.25, 0.3) is 15.9 Å². The van der Waals surface area contributed by atoms with Gasteiger partial charge in [-0.2, -0.15) is 0 Å². The molecule has 1 heterocycles. The zero-order chi connectivity index (χ0) is 21.2. The third-order valence-corrected chi connectivity index (χ3v) is 6.82. The average molecular weight is 428 g/mol. The summed E-state index contributed by atoms with van der Waals surface area (Å²) in [4.78, 5) is 12.8. The largest absolute Gasteiger partial charge is 0.490 e. The molecule has 0 aromatic heterocycles. The number of fused-ring (bicyclic) bond motifs is 1. The molecule has 30 heavy (non-hydrogen) atoms. The molecule has 7 nitrogen and oxygen atoms in total. The number of sulfonamides is 1. The lowest BCUT2D eigenvalue weighted by Crippen LogP contribution is -2.54. The Hall–Kier alpha value is -2.87. The van der Waals surface area contributed by atoms with Crippen LogP contribution < -0.4 is 15.8 Å². The van der Waals surface area contributed by atoms with Gasteiger partial charge in [-0.25, -0.2) is 8.42 Å². The summed E-state index contributed by atoms with van der Waals surface area (Å²) in [6, 6.07) is 14.4. The van der Waals surface area contributed by atoms with E-state index in [9.17, 15) is 13.2 Å². The molecule has 1 saturated carbocycles. The molecule has 0 spiro atoms. The summed E-state index contributed by atoms with van der Waals surface area (Å²) >= 11 is 0. The highest BCUT2D eigenvalue weighted by molar-refractivity contribution is 7.89. The van der Waals surface area contributed by atoms with Crippen LogP contribution in [0.25, 0.3) is 0 Å². The first-order valence-electron chi connectivity index (χ1n) is 10.1. The van der Waals surface area contributed by atoms with E-state index in [1.165, 1.54) is 0 Å². The monoisotopic (exact) mass is 427 g/mol. The van der Waals surface area contributed by atoms with Crippen LogP contribution in [-0.2, 0) is 15.8 Å². The van der Waals surface area contributed by atoms with E-state index in [4.69, 9.17) is 10.5 Å². The summed E-state index contributed by atoms with van der Waals surface area (Å²) in [5, 5.41) is 3.20. The van der Waals surface area contributed by atoms with E-state index in [0.717, 1.165) is 32.1 Å². The first kappa shape index (κ1) is 20.4. The van der Waals surface area contributed by atoms with Crippen LogP contribution in [0.2, 0.25) is 0 Å². The van der Waals surface area contributed by atoms with Gasteiger partial charge in [-0.1, -0.05) is 49.6 Å². The van der Waals surface area contributed by atoms with Gasteiger partial charge in [0, 0.05) is 5.56 Å². The summed E-state index contributed by atoms with van der Waals surface area (Å²) in [6.45, 7) is 0.280. The van der Waals surface area contributed by atoms with Crippen molar-refractivity contribution in [3.05, 3.63) is 65.2 Å². The predicted molar refractivity (Wildman–Crippen MR) is 115 cm³/mol. The number of benzene rings is 2. The third-order valence-electron chi connectivity index (χ3n) is 5.67. The van der Waals surface area contributed by atoms with Crippen molar-refractivity contribution in [1.29, 1.82) is 0 Å². The molecule has 3 N–H and O–H groups in total. The summed E-state index contributed by atoms with van der Waals surface area (Å²) in [5.74, 6) is 0.111. The van der Waals surface area contributed by atoms with Crippen LogP contribution in [0.3, 0.4) is 0 Å². The molecule has 4 rings (SSSR count). The quantitative estimate of drug-likeness (QED) is 0.762. The fraction of sp³-hybridized carbons (Fsp3) is 0.364. The minimum Gasteiger partial charge on any atom is -0.490 e. The SMILES string of the molecule is NC1=NS(=O)(=O)Cc2cccc(OCC3(NC(=O)c4ccccc4)CCCCC3)c21. The number of carbonyl (C=O) groups excluding carboxylic acids is 1. The number of nitrogens with one attached hydrogen (secondary N) is 1. The highest BCUT2D eigenvalue weighted by atomic mass is 32.2. The smallest absolute Gasteiger partial charge is 0.259 e. The number of hydrogen-bond donors (Lipinski definition) is 2. The lowest BCUT2D eigenvalue weighted by Gasteiger charge is -2.38. The second-order valence-corrected chi connectivity index (χ2v) is 9.58. The van der Waals surface area contributed by atoms with Gasteiger partial charge >= 0.3 is 0 Å². The Kier molecular flexibility index (Phi) is 5.51. The van der Waals surface area contributed by atoms with Crippen molar-refractivity contribution in [2.45, 2.75) is 43.4 Å². The number of rotatable bonds is 5. The molecule has 0 radical (unpaired) electrons. The van der Waals surface area contributed by atoms with Gasteiger partial charge in [-0.15, -0.1) is 4.40 Å². The molecular weight excluding hydrogens is 402 g/mol. The molecule has 8 heteroatoms. The molecule has 1 fully saturated rings. The average Bonchev–Trinajstić information content (AvgIpc) is 2.72. The predicted octanol–water partition coefficient (Wildman–Crippen LogP) is 2.75. The molecule has 2 aromatic carbocycles. The van der Waals surface area contributed by atoms with Gasteiger partial charge in [0.1, 0.15) is 18.2 Å². The van der Waals surface area contributed by atoms with E-state index in [0.29, 0.717) is 22.4 Å². The van der Waals surface area contributed by atoms with Crippen LogP contribution in [-0.4, -0.2) is 32.3 Å². The van der Waals surface area contributed by atoms with Crippen molar-refractivity contribution in [3.63, 3.8) is 0 Å². The molecule has 2 aromatic rings. The molecule has 0 saturated heterocycles. The van der Waals surface area contributed by atoms with Crippen LogP contribution in [0.5, 0.6) is 5.75 Å². The van der Waals surface area contributed by atoms with Gasteiger partial charge in [0.2, 0.25) is 0 Å². The van der Waals surface area contributed by atoms with Crippen molar-refractivity contribution in [1.82, 2.24) is 5.32 Å². The first-order valence-corrected chi connectivity index (χ1v) is 11.7. The van der Waals surface area contributed by atoms with Crippen LogP contribution in [0.15, 0.2) is 52.9 Å². The fourth-order valence-corrected chi connectivity index (χ4v) is 5.27. The standard InChI is InChI=1S/C22H25N3O4S/c23-20-19-17(14-30(27,28)25-20)10-7-11-18(19)29-15-22(12-5-2-6-13-22)24-21(26)16-8-3-1-4-9-16/h1,3-4,7-11H,2,5-6,12-15H2,(H2,23,25)(H,24,26). The van der Waals surface area contributed by atoms with Gasteiger partial charge in [0.15, 0.2) is 0 Å². The maximum absolute atomic E-state index is 12.8. The molecule has 0 unspecified atom stereocenters. The molecular formula is C22H25N3O4S. The summed E-state index contributed by atoms with van der Waals surface area (Å²) in [5.41, 5.74) is 7.16. The fourth-order valence-electron chi connectivity index (χ4n) is 4.18. The number of nitrogens with two attached hydrogens (primary N) is 1. The van der Waals surface area contributed by atoms with E-state index in [1.807, 2.05) is 18.2 Å². The van der Waals surface area contributed by atoms with Gasteiger partial charge < -0.3 is 15.8 Å². The summed E-state index contributed by atoms with van der Waals surface area (Å²) < 4.78 is 33.6. The van der Waals surface area contributed by atoms with Crippen LogP contribution in [0, 0.1) is 0 Å². The van der Waals surface area contributed by atoms with E-state index >= 15 is 0 Å². The van der Waals surface area contributed by atoms with Crippen LogP contribution >= 0.6 is 0 Å². The molecule has 1 amide bonds. The Balaban J connectivity index is 1.57. The van der Waals surface area contributed by atoms with Crippen molar-refractivity contribution in [2.75, 3.05) is 6.61 Å².